The topological polar surface area (TPSA) is 58.1 Å². The molecule has 0 saturated carbocycles. The van der Waals surface area contributed by atoms with Gasteiger partial charge in [0.1, 0.15) is 11.6 Å². The molecular weight excluding hydrogens is 324 g/mol. The Morgan fingerprint density at radius 2 is 2.08 bits per heavy atom. The van der Waals surface area contributed by atoms with E-state index in [0.29, 0.717) is 12.3 Å². The zero-order chi connectivity index (χ0) is 17.9. The second-order valence-corrected chi connectivity index (χ2v) is 7.32. The summed E-state index contributed by atoms with van der Waals surface area (Å²) in [7, 11) is 0. The smallest absolute Gasteiger partial charge is 0.232 e. The second-order valence-electron chi connectivity index (χ2n) is 7.32. The third-order valence-corrected chi connectivity index (χ3v) is 5.45. The molecule has 3 heterocycles. The lowest BCUT2D eigenvalue weighted by molar-refractivity contribution is -0.117. The van der Waals surface area contributed by atoms with Crippen molar-refractivity contribution in [1.82, 2.24) is 15.3 Å². The molecule has 1 aromatic carbocycles. The van der Waals surface area contributed by atoms with Gasteiger partial charge in [0, 0.05) is 30.3 Å². The molecule has 2 aliphatic rings. The minimum atomic E-state index is 0.157. The Hall–Kier alpha value is -2.27. The maximum atomic E-state index is 12.6. The number of nitrogens with zero attached hydrogens (tertiary/aromatic N) is 3. The first kappa shape index (κ1) is 17.2. The van der Waals surface area contributed by atoms with E-state index in [4.69, 9.17) is 9.97 Å². The maximum absolute atomic E-state index is 12.6. The van der Waals surface area contributed by atoms with Gasteiger partial charge in [0.15, 0.2) is 0 Å². The molecule has 26 heavy (non-hydrogen) atoms. The van der Waals surface area contributed by atoms with Gasteiger partial charge in [-0.3, -0.25) is 9.69 Å². The van der Waals surface area contributed by atoms with E-state index < -0.39 is 0 Å². The highest BCUT2D eigenvalue weighted by atomic mass is 16.2. The van der Waals surface area contributed by atoms with Crippen LogP contribution in [0.1, 0.15) is 47.8 Å². The predicted octanol–water partition coefficient (Wildman–Crippen LogP) is 2.77. The molecule has 1 N–H and O–H groups in total. The van der Waals surface area contributed by atoms with Crippen LogP contribution < -0.4 is 10.2 Å². The van der Waals surface area contributed by atoms with Gasteiger partial charge in [-0.05, 0) is 44.7 Å². The molecule has 5 nitrogen and oxygen atoms in total. The summed E-state index contributed by atoms with van der Waals surface area (Å²) < 4.78 is 0. The van der Waals surface area contributed by atoms with Crippen molar-refractivity contribution in [3.63, 3.8) is 0 Å². The van der Waals surface area contributed by atoms with Gasteiger partial charge in [0.2, 0.25) is 5.91 Å². The Balaban J connectivity index is 1.51. The fraction of sp³-hybridized carbons (Fsp3) is 0.476. The number of rotatable bonds is 5. The van der Waals surface area contributed by atoms with E-state index in [1.807, 2.05) is 17.9 Å². The molecule has 2 aliphatic heterocycles. The van der Waals surface area contributed by atoms with Gasteiger partial charge in [-0.2, -0.15) is 0 Å². The summed E-state index contributed by atoms with van der Waals surface area (Å²) in [5.41, 5.74) is 3.30. The molecule has 0 aliphatic carbocycles. The molecule has 1 saturated heterocycles. The monoisotopic (exact) mass is 350 g/mol. The van der Waals surface area contributed by atoms with Crippen LogP contribution in [0.5, 0.6) is 0 Å². The molecule has 1 fully saturated rings. The van der Waals surface area contributed by atoms with Gasteiger partial charge in [-0.1, -0.05) is 30.3 Å². The van der Waals surface area contributed by atoms with Crippen molar-refractivity contribution in [3.05, 3.63) is 53.0 Å². The standard InChI is InChI=1S/C21H26N4O/c1-15-18-13-19(26)25(12-6-9-16-7-3-2-4-8-16)21(18)24-20(23-15)17-10-5-11-22-14-17/h2-4,7-8,17,22H,5-6,9-14H2,1H3. The number of amides is 1. The lowest BCUT2D eigenvalue weighted by atomic mass is 9.98. The highest BCUT2D eigenvalue weighted by Gasteiger charge is 2.32. The third kappa shape index (κ3) is 3.49. The van der Waals surface area contributed by atoms with E-state index in [0.717, 1.165) is 68.2 Å². The van der Waals surface area contributed by atoms with Crippen molar-refractivity contribution in [2.75, 3.05) is 24.5 Å². The lowest BCUT2D eigenvalue weighted by Crippen LogP contribution is -2.31. The summed E-state index contributed by atoms with van der Waals surface area (Å²) >= 11 is 0. The normalized spacial score (nSPS) is 19.7. The van der Waals surface area contributed by atoms with Gasteiger partial charge < -0.3 is 5.32 Å². The second kappa shape index (κ2) is 7.54. The zero-order valence-electron chi connectivity index (χ0n) is 15.4. The molecule has 1 unspecified atom stereocenters. The average Bonchev–Trinajstić information content (AvgIpc) is 3.00. The van der Waals surface area contributed by atoms with Crippen molar-refractivity contribution in [2.24, 2.45) is 0 Å². The summed E-state index contributed by atoms with van der Waals surface area (Å²) in [6.07, 6.45) is 4.63. The van der Waals surface area contributed by atoms with Crippen molar-refractivity contribution in [3.8, 4) is 0 Å². The molecule has 2 aromatic rings. The van der Waals surface area contributed by atoms with E-state index in [9.17, 15) is 4.79 Å². The van der Waals surface area contributed by atoms with E-state index in [-0.39, 0.29) is 5.91 Å². The molecule has 0 spiro atoms. The van der Waals surface area contributed by atoms with E-state index in [1.165, 1.54) is 5.56 Å². The number of aryl methyl sites for hydroxylation is 2. The fourth-order valence-electron chi connectivity index (χ4n) is 3.97. The summed E-state index contributed by atoms with van der Waals surface area (Å²) in [5, 5.41) is 3.43. The molecule has 0 bridgehead atoms. The molecule has 136 valence electrons. The van der Waals surface area contributed by atoms with Crippen LogP contribution in [0, 0.1) is 6.92 Å². The van der Waals surface area contributed by atoms with Gasteiger partial charge in [0.05, 0.1) is 6.42 Å². The van der Waals surface area contributed by atoms with Gasteiger partial charge in [-0.15, -0.1) is 0 Å². The van der Waals surface area contributed by atoms with Crippen molar-refractivity contribution < 1.29 is 4.79 Å². The number of carbonyl (C=O) groups is 1. The summed E-state index contributed by atoms with van der Waals surface area (Å²) in [4.78, 5) is 24.0. The van der Waals surface area contributed by atoms with Crippen LogP contribution in [-0.2, 0) is 17.6 Å². The van der Waals surface area contributed by atoms with Crippen LogP contribution in [0.4, 0.5) is 5.82 Å². The Morgan fingerprint density at radius 1 is 1.23 bits per heavy atom. The minimum absolute atomic E-state index is 0.157. The number of hydrogen-bond donors (Lipinski definition) is 1. The van der Waals surface area contributed by atoms with Gasteiger partial charge >= 0.3 is 0 Å². The molecule has 1 amide bonds. The van der Waals surface area contributed by atoms with Crippen molar-refractivity contribution >= 4 is 11.7 Å². The highest BCUT2D eigenvalue weighted by molar-refractivity contribution is 6.00. The van der Waals surface area contributed by atoms with Gasteiger partial charge in [0.25, 0.3) is 0 Å². The summed E-state index contributed by atoms with van der Waals surface area (Å²) in [5.74, 6) is 2.27. The van der Waals surface area contributed by atoms with E-state index in [2.05, 4.69) is 29.6 Å². The number of benzene rings is 1. The number of aromatic nitrogens is 2. The lowest BCUT2D eigenvalue weighted by Gasteiger charge is -2.23. The first-order valence-electron chi connectivity index (χ1n) is 9.65. The van der Waals surface area contributed by atoms with Crippen LogP contribution in [0.2, 0.25) is 0 Å². The van der Waals surface area contributed by atoms with Crippen LogP contribution in [0.25, 0.3) is 0 Å². The third-order valence-electron chi connectivity index (χ3n) is 5.45. The van der Waals surface area contributed by atoms with Crippen LogP contribution >= 0.6 is 0 Å². The maximum Gasteiger partial charge on any atom is 0.232 e. The molecule has 1 atom stereocenters. The van der Waals surface area contributed by atoms with E-state index in [1.54, 1.807) is 0 Å². The highest BCUT2D eigenvalue weighted by Crippen LogP contribution is 2.31. The van der Waals surface area contributed by atoms with Crippen molar-refractivity contribution in [1.29, 1.82) is 0 Å². The number of fused-ring (bicyclic) bond motifs is 1. The predicted molar refractivity (Wildman–Crippen MR) is 102 cm³/mol. The summed E-state index contributed by atoms with van der Waals surface area (Å²) in [6, 6.07) is 10.4. The average molecular weight is 350 g/mol. The Labute approximate surface area is 154 Å². The van der Waals surface area contributed by atoms with Crippen LogP contribution in [-0.4, -0.2) is 35.5 Å². The minimum Gasteiger partial charge on any atom is -0.316 e. The first-order valence-corrected chi connectivity index (χ1v) is 9.65. The summed E-state index contributed by atoms with van der Waals surface area (Å²) in [6.45, 7) is 4.74. The molecule has 5 heteroatoms. The Kier molecular flexibility index (Phi) is 4.98. The number of carbonyl (C=O) groups excluding carboxylic acids is 1. The number of piperidine rings is 1. The SMILES string of the molecule is Cc1nc(C2CCCNC2)nc2c1CC(=O)N2CCCc1ccccc1. The quantitative estimate of drug-likeness (QED) is 0.901. The van der Waals surface area contributed by atoms with Crippen LogP contribution in [0.3, 0.4) is 0 Å². The Morgan fingerprint density at radius 3 is 2.85 bits per heavy atom. The number of anilines is 1. The van der Waals surface area contributed by atoms with Crippen LogP contribution in [0.15, 0.2) is 30.3 Å². The van der Waals surface area contributed by atoms with Gasteiger partial charge in [-0.25, -0.2) is 9.97 Å². The zero-order valence-corrected chi connectivity index (χ0v) is 15.4. The number of nitrogens with one attached hydrogen (secondary N) is 1. The Bertz CT molecular complexity index is 784. The van der Waals surface area contributed by atoms with E-state index >= 15 is 0 Å². The fourth-order valence-corrected chi connectivity index (χ4v) is 3.97. The molecule has 0 radical (unpaired) electrons. The largest absolute Gasteiger partial charge is 0.316 e. The molecule has 1 aromatic heterocycles. The molecular formula is C21H26N4O. The number of hydrogen-bond acceptors (Lipinski definition) is 4. The molecule has 4 rings (SSSR count). The van der Waals surface area contributed by atoms with Crippen molar-refractivity contribution in [2.45, 2.75) is 44.9 Å². The first-order chi connectivity index (χ1) is 12.7.